The summed E-state index contributed by atoms with van der Waals surface area (Å²) in [5.74, 6) is 0. The molecule has 0 fully saturated rings. The summed E-state index contributed by atoms with van der Waals surface area (Å²) >= 11 is 1.79. The zero-order valence-corrected chi connectivity index (χ0v) is 13.3. The number of fused-ring (bicyclic) bond motifs is 1. The Morgan fingerprint density at radius 3 is 2.81 bits per heavy atom. The number of hydrogen-bond acceptors (Lipinski definition) is 3. The van der Waals surface area contributed by atoms with E-state index in [2.05, 4.69) is 67.0 Å². The molecule has 0 aliphatic rings. The minimum Gasteiger partial charge on any atom is -0.304 e. The molecule has 108 valence electrons. The monoisotopic (exact) mass is 296 g/mol. The van der Waals surface area contributed by atoms with Gasteiger partial charge in [-0.3, -0.25) is 4.98 Å². The molecule has 0 spiro atoms. The van der Waals surface area contributed by atoms with Crippen LogP contribution in [0, 0.1) is 6.92 Å². The molecule has 1 unspecified atom stereocenters. The standard InChI is InChI=1S/C18H20N2S/c1-3-10-19-18(17-9-6-11-21-17)16-12-13(2)14-7-4-5-8-15(14)20-16/h4-9,11-12,18-19H,3,10H2,1-2H3. The van der Waals surface area contributed by atoms with E-state index in [0.717, 1.165) is 24.2 Å². The Kier molecular flexibility index (Phi) is 4.32. The molecule has 0 saturated heterocycles. The van der Waals surface area contributed by atoms with Crippen molar-refractivity contribution < 1.29 is 0 Å². The fourth-order valence-corrected chi connectivity index (χ4v) is 3.43. The first-order chi connectivity index (χ1) is 10.3. The molecule has 2 nitrogen and oxygen atoms in total. The summed E-state index contributed by atoms with van der Waals surface area (Å²) in [6, 6.07) is 15.1. The van der Waals surface area contributed by atoms with Gasteiger partial charge < -0.3 is 5.32 Å². The van der Waals surface area contributed by atoms with Crippen LogP contribution in [0.2, 0.25) is 0 Å². The lowest BCUT2D eigenvalue weighted by molar-refractivity contribution is 0.595. The predicted octanol–water partition coefficient (Wildman–Crippen LogP) is 4.69. The first-order valence-electron chi connectivity index (χ1n) is 7.42. The zero-order valence-electron chi connectivity index (χ0n) is 12.5. The maximum atomic E-state index is 4.89. The van der Waals surface area contributed by atoms with Crippen molar-refractivity contribution in [3.05, 3.63) is 64.0 Å². The number of nitrogens with zero attached hydrogens (tertiary/aromatic N) is 1. The van der Waals surface area contributed by atoms with Crippen LogP contribution in [-0.4, -0.2) is 11.5 Å². The molecular formula is C18H20N2S. The van der Waals surface area contributed by atoms with E-state index in [4.69, 9.17) is 4.98 Å². The quantitative estimate of drug-likeness (QED) is 0.738. The summed E-state index contributed by atoms with van der Waals surface area (Å²) in [6.45, 7) is 5.35. The third-order valence-corrected chi connectivity index (χ3v) is 4.60. The molecule has 0 saturated carbocycles. The number of hydrogen-bond donors (Lipinski definition) is 1. The Bertz CT molecular complexity index is 719. The molecular weight excluding hydrogens is 276 g/mol. The molecule has 21 heavy (non-hydrogen) atoms. The smallest absolute Gasteiger partial charge is 0.0845 e. The molecule has 0 aliphatic carbocycles. The van der Waals surface area contributed by atoms with Crippen molar-refractivity contribution in [2.75, 3.05) is 6.54 Å². The first kappa shape index (κ1) is 14.2. The summed E-state index contributed by atoms with van der Waals surface area (Å²) in [5.41, 5.74) is 3.48. The highest BCUT2D eigenvalue weighted by Gasteiger charge is 2.17. The van der Waals surface area contributed by atoms with Gasteiger partial charge in [0.25, 0.3) is 0 Å². The van der Waals surface area contributed by atoms with Gasteiger partial charge in [-0.25, -0.2) is 0 Å². The van der Waals surface area contributed by atoms with Gasteiger partial charge >= 0.3 is 0 Å². The summed E-state index contributed by atoms with van der Waals surface area (Å²) in [5, 5.41) is 6.99. The molecule has 2 heterocycles. The molecule has 0 amide bonds. The molecule has 2 aromatic heterocycles. The van der Waals surface area contributed by atoms with Crippen molar-refractivity contribution in [2.24, 2.45) is 0 Å². The van der Waals surface area contributed by atoms with Crippen LogP contribution >= 0.6 is 11.3 Å². The third-order valence-electron chi connectivity index (χ3n) is 3.66. The van der Waals surface area contributed by atoms with E-state index in [1.165, 1.54) is 15.8 Å². The number of aromatic nitrogens is 1. The molecule has 0 bridgehead atoms. The van der Waals surface area contributed by atoms with Crippen molar-refractivity contribution in [3.8, 4) is 0 Å². The maximum absolute atomic E-state index is 4.89. The lowest BCUT2D eigenvalue weighted by Gasteiger charge is -2.18. The van der Waals surface area contributed by atoms with Gasteiger partial charge in [0.15, 0.2) is 0 Å². The molecule has 0 aliphatic heterocycles. The summed E-state index contributed by atoms with van der Waals surface area (Å²) in [7, 11) is 0. The minimum atomic E-state index is 0.188. The van der Waals surface area contributed by atoms with Crippen LogP contribution in [0.25, 0.3) is 10.9 Å². The molecule has 3 heteroatoms. The van der Waals surface area contributed by atoms with Crippen molar-refractivity contribution >= 4 is 22.2 Å². The number of thiophene rings is 1. The van der Waals surface area contributed by atoms with Crippen LogP contribution in [0.4, 0.5) is 0 Å². The van der Waals surface area contributed by atoms with Gasteiger partial charge in [-0.1, -0.05) is 31.2 Å². The summed E-state index contributed by atoms with van der Waals surface area (Å²) in [6.07, 6.45) is 1.12. The fourth-order valence-electron chi connectivity index (χ4n) is 2.62. The average Bonchev–Trinajstić information content (AvgIpc) is 3.02. The number of para-hydroxylation sites is 1. The largest absolute Gasteiger partial charge is 0.304 e. The van der Waals surface area contributed by atoms with E-state index >= 15 is 0 Å². The molecule has 1 N–H and O–H groups in total. The van der Waals surface area contributed by atoms with Crippen LogP contribution in [0.3, 0.4) is 0 Å². The minimum absolute atomic E-state index is 0.188. The SMILES string of the molecule is CCCNC(c1cc(C)c2ccccc2n1)c1cccs1. The van der Waals surface area contributed by atoms with E-state index in [1.54, 1.807) is 11.3 Å². The Morgan fingerprint density at radius 1 is 1.19 bits per heavy atom. The highest BCUT2D eigenvalue weighted by atomic mass is 32.1. The van der Waals surface area contributed by atoms with Crippen LogP contribution in [0.1, 0.15) is 35.5 Å². The second-order valence-corrected chi connectivity index (χ2v) is 6.26. The Balaban J connectivity index is 2.06. The lowest BCUT2D eigenvalue weighted by atomic mass is 10.0. The van der Waals surface area contributed by atoms with Gasteiger partial charge in [0.2, 0.25) is 0 Å². The van der Waals surface area contributed by atoms with Crippen molar-refractivity contribution in [1.82, 2.24) is 10.3 Å². The van der Waals surface area contributed by atoms with Gasteiger partial charge in [0.05, 0.1) is 17.3 Å². The van der Waals surface area contributed by atoms with E-state index in [9.17, 15) is 0 Å². The van der Waals surface area contributed by atoms with E-state index in [1.807, 2.05) is 0 Å². The second-order valence-electron chi connectivity index (χ2n) is 5.28. The van der Waals surface area contributed by atoms with Crippen molar-refractivity contribution in [1.29, 1.82) is 0 Å². The first-order valence-corrected chi connectivity index (χ1v) is 8.30. The van der Waals surface area contributed by atoms with E-state index in [-0.39, 0.29) is 6.04 Å². The van der Waals surface area contributed by atoms with Crippen LogP contribution in [0.5, 0.6) is 0 Å². The highest BCUT2D eigenvalue weighted by molar-refractivity contribution is 7.10. The molecule has 3 aromatic rings. The molecule has 1 atom stereocenters. The number of rotatable bonds is 5. The molecule has 1 aromatic carbocycles. The predicted molar refractivity (Wildman–Crippen MR) is 90.9 cm³/mol. The number of aryl methyl sites for hydroxylation is 1. The summed E-state index contributed by atoms with van der Waals surface area (Å²) < 4.78 is 0. The normalized spacial score (nSPS) is 12.7. The topological polar surface area (TPSA) is 24.9 Å². The van der Waals surface area contributed by atoms with Gasteiger partial charge in [0.1, 0.15) is 0 Å². The van der Waals surface area contributed by atoms with Gasteiger partial charge in [-0.05, 0) is 49.0 Å². The van der Waals surface area contributed by atoms with Crippen LogP contribution < -0.4 is 5.32 Å². The number of pyridine rings is 1. The average molecular weight is 296 g/mol. The van der Waals surface area contributed by atoms with Gasteiger partial charge in [-0.2, -0.15) is 0 Å². The Hall–Kier alpha value is -1.71. The second kappa shape index (κ2) is 6.37. The van der Waals surface area contributed by atoms with Crippen molar-refractivity contribution in [2.45, 2.75) is 26.3 Å². The number of nitrogens with one attached hydrogen (secondary N) is 1. The third kappa shape index (κ3) is 2.99. The van der Waals surface area contributed by atoms with Gasteiger partial charge in [0, 0.05) is 10.3 Å². The molecule has 3 rings (SSSR count). The van der Waals surface area contributed by atoms with Crippen LogP contribution in [-0.2, 0) is 0 Å². The molecule has 0 radical (unpaired) electrons. The fraction of sp³-hybridized carbons (Fsp3) is 0.278. The Morgan fingerprint density at radius 2 is 2.05 bits per heavy atom. The summed E-state index contributed by atoms with van der Waals surface area (Å²) in [4.78, 5) is 6.21. The van der Waals surface area contributed by atoms with E-state index in [0.29, 0.717) is 0 Å². The van der Waals surface area contributed by atoms with Gasteiger partial charge in [-0.15, -0.1) is 11.3 Å². The number of benzene rings is 1. The van der Waals surface area contributed by atoms with Crippen LogP contribution in [0.15, 0.2) is 47.8 Å². The Labute approximate surface area is 129 Å². The van der Waals surface area contributed by atoms with Crippen molar-refractivity contribution in [3.63, 3.8) is 0 Å². The lowest BCUT2D eigenvalue weighted by Crippen LogP contribution is -2.23. The van der Waals surface area contributed by atoms with E-state index < -0.39 is 0 Å². The highest BCUT2D eigenvalue weighted by Crippen LogP contribution is 2.28. The zero-order chi connectivity index (χ0) is 14.7. The maximum Gasteiger partial charge on any atom is 0.0845 e.